The maximum absolute atomic E-state index is 14.5. The van der Waals surface area contributed by atoms with Crippen LogP contribution in [0.25, 0.3) is 10.8 Å². The molecule has 21 rings (SSSR count). The lowest BCUT2D eigenvalue weighted by Gasteiger charge is -2.59. The molecule has 0 radical (unpaired) electrons. The Morgan fingerprint density at radius 2 is 0.731 bits per heavy atom. The van der Waals surface area contributed by atoms with Crippen LogP contribution in [0.15, 0.2) is 223 Å². The van der Waals surface area contributed by atoms with Crippen molar-refractivity contribution in [3.8, 4) is 34.5 Å². The van der Waals surface area contributed by atoms with Crippen LogP contribution < -0.4 is 23.7 Å². The lowest BCUT2D eigenvalue weighted by atomic mass is 9.46. The van der Waals surface area contributed by atoms with Gasteiger partial charge in [-0.15, -0.1) is 0 Å². The van der Waals surface area contributed by atoms with E-state index in [0.717, 1.165) is 115 Å². The molecule has 27 atom stereocenters. The van der Waals surface area contributed by atoms with Crippen LogP contribution in [0.5, 0.6) is 34.5 Å². The van der Waals surface area contributed by atoms with Gasteiger partial charge in [0.15, 0.2) is 53.0 Å². The summed E-state index contributed by atoms with van der Waals surface area (Å²) in [5.74, 6) is 4.54. The third-order valence-corrected chi connectivity index (χ3v) is 34.4. The first kappa shape index (κ1) is 89.9. The normalized spacial score (nSPS) is 39.1. The molecule has 3 N–H and O–H groups in total. The quantitative estimate of drug-likeness (QED) is 0.0538. The number of carbonyl (C=O) groups is 6. The fraction of sp³-hybridized carbons (Fsp3) is 0.527. The number of aliphatic hydroxyl groups excluding tert-OH is 3. The van der Waals surface area contributed by atoms with Crippen LogP contribution in [0.2, 0.25) is 0 Å². The summed E-state index contributed by atoms with van der Waals surface area (Å²) in [5.41, 5.74) is -2.11. The Balaban J connectivity index is 0.000000127. The van der Waals surface area contributed by atoms with Gasteiger partial charge in [0.25, 0.3) is 0 Å². The predicted octanol–water partition coefficient (Wildman–Crippen LogP) is 18.9. The number of ether oxygens (including phenoxy) is 11. The van der Waals surface area contributed by atoms with Crippen LogP contribution in [-0.2, 0) is 63.8 Å². The molecule has 9 saturated carbocycles. The van der Waals surface area contributed by atoms with Gasteiger partial charge in [-0.3, -0.25) is 28.8 Å². The van der Waals surface area contributed by atoms with E-state index in [1.54, 1.807) is 48.6 Å². The number of allylic oxidation sites excluding steroid dienone is 12. The van der Waals surface area contributed by atoms with Crippen LogP contribution in [0.1, 0.15) is 183 Å². The van der Waals surface area contributed by atoms with Gasteiger partial charge < -0.3 is 67.4 Å². The summed E-state index contributed by atoms with van der Waals surface area (Å²) in [7, 11) is 0. The summed E-state index contributed by atoms with van der Waals surface area (Å²) in [6, 6.07) is 48.0. The SMILES string of the molecule is CCCC1O[C@@H]2CC3C4CCC5=CC(=O)C=CC5(C)C4[C@@H](O)CC3(C)[C@]2(C(=O)COc2ccc(OCc3ccccc3)cc2)O1.CCCC1O[C@@H]2CC3C4CCC5=CC(=O)C=CC5(C)C4[C@@H](O)CC3(C)[C@]2(C(=O)COc2ccc(Oc3ccccc3)cc2)O1.CCCC1O[C@@H]2CC3C4CCC5=CC(=O)C=CC5(C)C4[C@@H](O)CC3(C)[C@]2(C(=O)COc2cccc3ccccc23)O1. The summed E-state index contributed by atoms with van der Waals surface area (Å²) in [6.07, 6.45) is 25.2. The molecule has 20 heteroatoms. The standard InChI is InChI=1S/C38H44O7.C37H42O7.C35H40O6/c1-4-8-34-44-33-20-30-29-16-11-25-19-26(39)17-18-36(25,2)35(29)31(40)21-37(30,3)38(33,45-34)32(41)23-43-28-14-12-27(13-15-28)42-22-24-9-6-5-7-10-24;1-4-8-33-43-32-20-29-28-16-11-23-19-24(38)17-18-35(23,2)34(28)30(39)21-36(29,3)37(32,44-33)31(40)22-41-25-12-14-27(15-13-25)42-26-9-6-5-7-10-26;1-4-8-31-40-30-18-26-25-14-13-22-17-23(36)15-16-33(22,2)32(25)27(37)19-34(26,3)35(30,41-31)29(38)20-39-28-12-7-10-21-9-5-6-11-24(21)28/h5-7,9-10,12-15,17-19,29-31,33-35,40H,4,8,11,16,20-23H2,1-3H3;5-7,9-10,12-15,17-19,28-30,32-34,39H,4,8,11,16,20-22H2,1-3H3;5-7,9-12,15-17,25-27,30-32,37H,4,8,13-14,18-20H2,1-3H3/t29?,30?,31-,33+,34?,35?,36?,37?,38+;28?,29?,30-,32+,33?,34?,35?,36?,37+;25?,26?,27-,30+,31?,32?,33?,34?,35+/m000/s1. The molecule has 15 aliphatic rings. The molecule has 0 spiro atoms. The minimum Gasteiger partial charge on any atom is -0.489 e. The first-order chi connectivity index (χ1) is 62.6. The second kappa shape index (κ2) is 34.9. The molecule has 6 aromatic rings. The third kappa shape index (κ3) is 14.9. The monoisotopic (exact) mass is 1770 g/mol. The minimum atomic E-state index is -1.20. The first-order valence-electron chi connectivity index (χ1n) is 48.0. The fourth-order valence-corrected chi connectivity index (χ4v) is 28.7. The van der Waals surface area contributed by atoms with Crippen molar-refractivity contribution in [3.63, 3.8) is 0 Å². The van der Waals surface area contributed by atoms with E-state index in [-0.39, 0.29) is 130 Å². The topological polar surface area (TPSA) is 265 Å². The zero-order valence-electron chi connectivity index (χ0n) is 76.4. The van der Waals surface area contributed by atoms with E-state index in [1.807, 2.05) is 158 Å². The molecule has 0 amide bonds. The van der Waals surface area contributed by atoms with E-state index in [4.69, 9.17) is 52.1 Å². The van der Waals surface area contributed by atoms with Gasteiger partial charge in [0.2, 0.25) is 17.3 Å². The number of para-hydroxylation sites is 1. The van der Waals surface area contributed by atoms with Crippen molar-refractivity contribution in [2.75, 3.05) is 19.8 Å². The zero-order valence-corrected chi connectivity index (χ0v) is 76.4. The molecular formula is C110H126O20. The van der Waals surface area contributed by atoms with E-state index < -0.39 is 82.4 Å². The average molecular weight is 1770 g/mol. The molecule has 3 aliphatic heterocycles. The highest BCUT2D eigenvalue weighted by molar-refractivity contribution is 6.03. The third-order valence-electron chi connectivity index (χ3n) is 34.4. The largest absolute Gasteiger partial charge is 0.489 e. The zero-order chi connectivity index (χ0) is 90.7. The van der Waals surface area contributed by atoms with Crippen molar-refractivity contribution >= 4 is 45.5 Å². The molecule has 3 heterocycles. The average Bonchev–Trinajstić information content (AvgIpc) is 1.51. The molecule has 20 nitrogen and oxygen atoms in total. The smallest absolute Gasteiger partial charge is 0.205 e. The minimum absolute atomic E-state index is 0.0192. The van der Waals surface area contributed by atoms with E-state index in [9.17, 15) is 44.1 Å². The Kier molecular flexibility index (Phi) is 24.1. The molecule has 12 fully saturated rings. The second-order valence-corrected chi connectivity index (χ2v) is 41.2. The molecule has 0 bridgehead atoms. The van der Waals surface area contributed by atoms with Crippen molar-refractivity contribution in [2.45, 2.75) is 257 Å². The highest BCUT2D eigenvalue weighted by atomic mass is 16.8. The number of Topliss-reactive ketones (excluding diaryl/α,β-unsaturated/α-hetero) is 3. The molecule has 686 valence electrons. The predicted molar refractivity (Wildman–Crippen MR) is 488 cm³/mol. The lowest BCUT2D eigenvalue weighted by Crippen LogP contribution is -2.63. The Bertz CT molecular complexity index is 5500. The Morgan fingerprint density at radius 1 is 0.392 bits per heavy atom. The van der Waals surface area contributed by atoms with Gasteiger partial charge in [-0.2, -0.15) is 0 Å². The summed E-state index contributed by atoms with van der Waals surface area (Å²) < 4.78 is 70.1. The number of rotatable bonds is 23. The number of hydrogen-bond acceptors (Lipinski definition) is 20. The van der Waals surface area contributed by atoms with Crippen molar-refractivity contribution in [3.05, 3.63) is 229 Å². The summed E-state index contributed by atoms with van der Waals surface area (Å²) in [5, 5.41) is 37.8. The van der Waals surface area contributed by atoms with Crippen molar-refractivity contribution in [1.82, 2.24) is 0 Å². The van der Waals surface area contributed by atoms with Gasteiger partial charge in [0, 0.05) is 55.6 Å². The molecule has 0 aromatic heterocycles. The number of fused-ring (bicyclic) bond motifs is 22. The van der Waals surface area contributed by atoms with Crippen molar-refractivity contribution in [1.29, 1.82) is 0 Å². The first-order valence-corrected chi connectivity index (χ1v) is 48.0. The highest BCUT2D eigenvalue weighted by Gasteiger charge is 2.80. The molecular weight excluding hydrogens is 1640 g/mol. The van der Waals surface area contributed by atoms with E-state index in [1.165, 1.54) is 0 Å². The lowest BCUT2D eigenvalue weighted by molar-refractivity contribution is -0.200. The number of aliphatic hydroxyl groups is 3. The number of carbonyl (C=O) groups excluding carboxylic acids is 6. The van der Waals surface area contributed by atoms with Crippen LogP contribution in [-0.4, -0.2) is 142 Å². The number of ketones is 6. The van der Waals surface area contributed by atoms with Gasteiger partial charge in [0.05, 0.1) is 36.6 Å². The van der Waals surface area contributed by atoms with E-state index >= 15 is 0 Å². The van der Waals surface area contributed by atoms with Crippen LogP contribution in [0, 0.1) is 85.8 Å². The van der Waals surface area contributed by atoms with Gasteiger partial charge in [0.1, 0.15) is 60.9 Å². The Hall–Kier alpha value is -9.32. The second-order valence-electron chi connectivity index (χ2n) is 41.2. The van der Waals surface area contributed by atoms with Gasteiger partial charge in [-0.1, -0.05) is 201 Å². The maximum atomic E-state index is 14.5. The van der Waals surface area contributed by atoms with Crippen LogP contribution in [0.4, 0.5) is 0 Å². The molecule has 3 saturated heterocycles. The summed E-state index contributed by atoms with van der Waals surface area (Å²) in [6.45, 7) is 19.2. The van der Waals surface area contributed by atoms with Crippen LogP contribution >= 0.6 is 0 Å². The van der Waals surface area contributed by atoms with E-state index in [0.29, 0.717) is 74.6 Å². The van der Waals surface area contributed by atoms with Crippen LogP contribution in [0.3, 0.4) is 0 Å². The molecule has 6 aromatic carbocycles. The van der Waals surface area contributed by atoms with Gasteiger partial charge in [-0.05, 0) is 246 Å². The summed E-state index contributed by atoms with van der Waals surface area (Å²) in [4.78, 5) is 80.0. The van der Waals surface area contributed by atoms with Gasteiger partial charge >= 0.3 is 0 Å². The number of hydrogen-bond donors (Lipinski definition) is 3. The highest BCUT2D eigenvalue weighted by Crippen LogP contribution is 2.74. The van der Waals surface area contributed by atoms with Crippen molar-refractivity contribution in [2.24, 2.45) is 85.8 Å². The maximum Gasteiger partial charge on any atom is 0.205 e. The molecule has 18 unspecified atom stereocenters. The van der Waals surface area contributed by atoms with E-state index in [2.05, 4.69) is 62.3 Å². The number of benzene rings is 6. The molecule has 130 heavy (non-hydrogen) atoms. The molecule has 12 aliphatic carbocycles. The Labute approximate surface area is 762 Å². The summed E-state index contributed by atoms with van der Waals surface area (Å²) >= 11 is 0. The van der Waals surface area contributed by atoms with Gasteiger partial charge in [-0.25, -0.2) is 0 Å². The fourth-order valence-electron chi connectivity index (χ4n) is 28.7. The van der Waals surface area contributed by atoms with Crippen molar-refractivity contribution < 1.29 is 96.2 Å². The Morgan fingerprint density at radius 3 is 1.12 bits per heavy atom.